The molecule has 0 aliphatic carbocycles. The third kappa shape index (κ3) is 11.0. The Labute approximate surface area is 591 Å². The number of benzene rings is 13. The quantitative estimate of drug-likeness (QED) is 0.129. The van der Waals surface area contributed by atoms with Crippen molar-refractivity contribution >= 4 is 55.2 Å². The molecule has 0 radical (unpaired) electrons. The van der Waals surface area contributed by atoms with Gasteiger partial charge in [0.1, 0.15) is 11.3 Å². The van der Waals surface area contributed by atoms with Gasteiger partial charge >= 0.3 is 0 Å². The Morgan fingerprint density at radius 1 is 0.206 bits per heavy atom. The second-order valence-corrected chi connectivity index (χ2v) is 26.5. The first kappa shape index (κ1) is 61.1. The summed E-state index contributed by atoms with van der Waals surface area (Å²) in [6, 6.07) is 121. The van der Waals surface area contributed by atoms with Crippen molar-refractivity contribution in [1.29, 1.82) is 0 Å². The van der Waals surface area contributed by atoms with Crippen LogP contribution in [0.3, 0.4) is 0 Å². The third-order valence-electron chi connectivity index (χ3n) is 19.8. The molecule has 19 rings (SSSR count). The van der Waals surface area contributed by atoms with Gasteiger partial charge in [-0.15, -0.1) is 0 Å². The molecule has 8 heteroatoms. The van der Waals surface area contributed by atoms with E-state index < -0.39 is 0 Å². The Morgan fingerprint density at radius 3 is 0.775 bits per heavy atom. The van der Waals surface area contributed by atoms with Gasteiger partial charge in [0, 0.05) is 66.7 Å². The zero-order valence-electron chi connectivity index (χ0n) is 56.9. The van der Waals surface area contributed by atoms with Gasteiger partial charge in [-0.1, -0.05) is 289 Å². The van der Waals surface area contributed by atoms with Crippen molar-refractivity contribution in [3.05, 3.63) is 362 Å². The van der Waals surface area contributed by atoms with Crippen molar-refractivity contribution in [2.75, 3.05) is 0 Å². The van der Waals surface area contributed by atoms with E-state index in [9.17, 15) is 0 Å². The van der Waals surface area contributed by atoms with Crippen LogP contribution in [-0.2, 0) is 0 Å². The molecule has 8 nitrogen and oxygen atoms in total. The van der Waals surface area contributed by atoms with Crippen LogP contribution in [0.5, 0.6) is 0 Å². The normalized spacial score (nSPS) is 11.5. The van der Waals surface area contributed by atoms with Crippen LogP contribution < -0.4 is 0 Å². The largest absolute Gasteiger partial charge is 0.293 e. The van der Waals surface area contributed by atoms with Gasteiger partial charge in [-0.05, 0) is 123 Å². The lowest BCUT2D eigenvalue weighted by atomic mass is 9.98. The zero-order valence-corrected chi connectivity index (χ0v) is 56.9. The molecule has 0 fully saturated rings. The molecule has 0 N–H and O–H groups in total. The maximum atomic E-state index is 5.10. The molecule has 0 saturated heterocycles. The zero-order chi connectivity index (χ0) is 68.4. The summed E-state index contributed by atoms with van der Waals surface area (Å²) in [5.74, 6) is 1.45. The molecule has 484 valence electrons. The van der Waals surface area contributed by atoms with Gasteiger partial charge in [-0.3, -0.25) is 17.9 Å². The summed E-state index contributed by atoms with van der Waals surface area (Å²) in [7, 11) is 0. The summed E-state index contributed by atoms with van der Waals surface area (Å²) in [5, 5.41) is 2.46. The number of fused-ring (bicyclic) bond motifs is 10. The Bertz CT molecular complexity index is 6200. The first-order valence-corrected chi connectivity index (χ1v) is 34.8. The van der Waals surface area contributed by atoms with E-state index in [4.69, 9.17) is 19.9 Å². The van der Waals surface area contributed by atoms with Crippen molar-refractivity contribution in [1.82, 2.24) is 37.9 Å². The third-order valence-corrected chi connectivity index (χ3v) is 19.8. The number of aromatic nitrogens is 8. The fraction of sp³-hybridized carbons (Fsp3) is 0.0426. The molecule has 0 spiro atoms. The number of hydrogen-bond acceptors (Lipinski definition) is 4. The maximum Gasteiger partial charge on any atom is 0.160 e. The molecule has 6 heterocycles. The van der Waals surface area contributed by atoms with Crippen LogP contribution in [0.15, 0.2) is 340 Å². The summed E-state index contributed by atoms with van der Waals surface area (Å²) >= 11 is 0. The summed E-state index contributed by atoms with van der Waals surface area (Å²) in [6.07, 6.45) is 0. The standard InChI is InChI=1S/C50H36N4.C44H32N4/c1-33-16-20-37(21-17-33)43-32-44(52-49(51-43)40-22-18-34(2)19-23-40)38-28-24-35(25-29-38)36-26-30-39(31-27-36)48-42-12-6-7-13-45(42)54-47-15-9-8-14-46(47)53(50(48)54)41-10-4-3-5-11-41;1-29-16-20-31(21-17-29)37-28-38(46-43(45-37)34-22-18-30(2)19-23-34)32-24-26-33(27-25-32)42-36-12-6-7-13-39(36)48-41-15-9-8-14-40(41)47(44(42)48)35-10-4-3-5-11-35/h3-32H,1-2H3;3-28H,1-2H3. The highest BCUT2D eigenvalue weighted by Gasteiger charge is 2.25. The monoisotopic (exact) mass is 1310 g/mol. The lowest BCUT2D eigenvalue weighted by Crippen LogP contribution is -1.96. The molecule has 13 aromatic carbocycles. The minimum Gasteiger partial charge on any atom is -0.293 e. The summed E-state index contributed by atoms with van der Waals surface area (Å²) in [6.45, 7) is 8.41. The van der Waals surface area contributed by atoms with Gasteiger partial charge in [-0.2, -0.15) is 0 Å². The Kier molecular flexibility index (Phi) is 15.3. The molecule has 0 aliphatic heterocycles. The minimum absolute atomic E-state index is 0.722. The SMILES string of the molecule is Cc1ccc(-c2cc(-c3ccc(-c4c5ccccc5n5c6ccccc6n(-c6ccccc6)c45)cc3)nc(-c3ccc(C)cc3)n2)cc1.Cc1ccc(-c2cc(-c3ccc(-c4ccc(-c5c6ccccc6n6c7ccccc7n(-c7ccccc7)c56)cc4)cc3)nc(-c3ccc(C)cc3)n2)cc1. The average Bonchev–Trinajstić information content (AvgIpc) is 1.55. The first-order valence-electron chi connectivity index (χ1n) is 34.8. The van der Waals surface area contributed by atoms with Gasteiger partial charge in [0.15, 0.2) is 11.6 Å². The number of hydrogen-bond donors (Lipinski definition) is 0. The van der Waals surface area contributed by atoms with E-state index in [0.717, 1.165) is 102 Å². The molecule has 0 unspecified atom stereocenters. The van der Waals surface area contributed by atoms with Crippen LogP contribution in [0, 0.1) is 27.7 Å². The summed E-state index contributed by atoms with van der Waals surface area (Å²) in [4.78, 5) is 20.2. The molecule has 6 aromatic heterocycles. The number of para-hydroxylation sites is 8. The van der Waals surface area contributed by atoms with Crippen molar-refractivity contribution < 1.29 is 0 Å². The predicted octanol–water partition coefficient (Wildman–Crippen LogP) is 23.9. The van der Waals surface area contributed by atoms with Gasteiger partial charge in [0.25, 0.3) is 0 Å². The maximum absolute atomic E-state index is 5.10. The minimum atomic E-state index is 0.722. The van der Waals surface area contributed by atoms with E-state index in [-0.39, 0.29) is 0 Å². The highest BCUT2D eigenvalue weighted by molar-refractivity contribution is 6.11. The Hall–Kier alpha value is -13.3. The van der Waals surface area contributed by atoms with Crippen molar-refractivity contribution in [2.45, 2.75) is 27.7 Å². The fourth-order valence-corrected chi connectivity index (χ4v) is 14.6. The lowest BCUT2D eigenvalue weighted by Gasteiger charge is -2.11. The van der Waals surface area contributed by atoms with Crippen LogP contribution in [-0.4, -0.2) is 37.9 Å². The second kappa shape index (κ2) is 25.5. The van der Waals surface area contributed by atoms with E-state index in [1.165, 1.54) is 88.5 Å². The van der Waals surface area contributed by atoms with E-state index in [1.54, 1.807) is 0 Å². The number of aryl methyl sites for hydroxylation is 4. The average molecular weight is 1310 g/mol. The molecule has 0 amide bonds. The molecular formula is C94H68N8. The summed E-state index contributed by atoms with van der Waals surface area (Å²) in [5.41, 5.74) is 33.6. The van der Waals surface area contributed by atoms with E-state index in [2.05, 4.69) is 385 Å². The van der Waals surface area contributed by atoms with Crippen molar-refractivity contribution in [2.24, 2.45) is 0 Å². The van der Waals surface area contributed by atoms with Gasteiger partial charge < -0.3 is 0 Å². The molecule has 19 aromatic rings. The smallest absolute Gasteiger partial charge is 0.160 e. The van der Waals surface area contributed by atoms with Crippen LogP contribution in [0.25, 0.3) is 168 Å². The molecule has 0 atom stereocenters. The predicted molar refractivity (Wildman–Crippen MR) is 423 cm³/mol. The van der Waals surface area contributed by atoms with E-state index >= 15 is 0 Å². The van der Waals surface area contributed by atoms with E-state index in [1.807, 2.05) is 0 Å². The molecular weight excluding hydrogens is 1240 g/mol. The molecule has 0 aliphatic rings. The van der Waals surface area contributed by atoms with Gasteiger partial charge in [0.2, 0.25) is 0 Å². The van der Waals surface area contributed by atoms with Crippen LogP contribution in [0.1, 0.15) is 22.3 Å². The highest BCUT2D eigenvalue weighted by Crippen LogP contribution is 2.44. The van der Waals surface area contributed by atoms with E-state index in [0.29, 0.717) is 0 Å². The topological polar surface area (TPSA) is 70.2 Å². The fourth-order valence-electron chi connectivity index (χ4n) is 14.6. The van der Waals surface area contributed by atoms with Gasteiger partial charge in [-0.25, -0.2) is 19.9 Å². The molecule has 102 heavy (non-hydrogen) atoms. The number of rotatable bonds is 11. The highest BCUT2D eigenvalue weighted by atomic mass is 15.1. The lowest BCUT2D eigenvalue weighted by molar-refractivity contribution is 1.15. The first-order chi connectivity index (χ1) is 50.2. The Morgan fingerprint density at radius 2 is 0.451 bits per heavy atom. The number of nitrogens with zero attached hydrogens (tertiary/aromatic N) is 8. The van der Waals surface area contributed by atoms with Gasteiger partial charge in [0.05, 0.1) is 55.9 Å². The molecule has 0 bridgehead atoms. The second-order valence-electron chi connectivity index (χ2n) is 26.5. The molecule has 0 saturated carbocycles. The number of imidazole rings is 2. The van der Waals surface area contributed by atoms with Crippen LogP contribution in [0.4, 0.5) is 0 Å². The summed E-state index contributed by atoms with van der Waals surface area (Å²) < 4.78 is 9.62. The van der Waals surface area contributed by atoms with Crippen LogP contribution >= 0.6 is 0 Å². The van der Waals surface area contributed by atoms with Crippen molar-refractivity contribution in [3.63, 3.8) is 0 Å². The van der Waals surface area contributed by atoms with Crippen molar-refractivity contribution in [3.8, 4) is 113 Å². The van der Waals surface area contributed by atoms with Crippen LogP contribution in [0.2, 0.25) is 0 Å². The Balaban J connectivity index is 0.000000147.